The van der Waals surface area contributed by atoms with Gasteiger partial charge in [-0.2, -0.15) is 0 Å². The van der Waals surface area contributed by atoms with E-state index in [-0.39, 0.29) is 6.10 Å². The zero-order chi connectivity index (χ0) is 11.7. The number of nitrogens with zero attached hydrogens (tertiary/aromatic N) is 1. The first-order chi connectivity index (χ1) is 7.61. The molecule has 1 aromatic carbocycles. The van der Waals surface area contributed by atoms with Gasteiger partial charge in [0.1, 0.15) is 11.9 Å². The van der Waals surface area contributed by atoms with E-state index in [2.05, 4.69) is 43.9 Å². The molecule has 0 aromatic heterocycles. The van der Waals surface area contributed by atoms with Crippen molar-refractivity contribution in [3.8, 4) is 5.75 Å². The van der Waals surface area contributed by atoms with Crippen LogP contribution in [0.25, 0.3) is 0 Å². The van der Waals surface area contributed by atoms with Crippen LogP contribution in [0.1, 0.15) is 19.4 Å². The van der Waals surface area contributed by atoms with E-state index < -0.39 is 0 Å². The lowest BCUT2D eigenvalue weighted by Crippen LogP contribution is -2.46. The van der Waals surface area contributed by atoms with Crippen LogP contribution in [0.15, 0.2) is 18.2 Å². The third-order valence-corrected chi connectivity index (χ3v) is 3.08. The highest BCUT2D eigenvalue weighted by atomic mass is 16.5. The summed E-state index contributed by atoms with van der Waals surface area (Å²) in [4.78, 5) is 2.34. The smallest absolute Gasteiger partial charge is 0.143 e. The van der Waals surface area contributed by atoms with Crippen molar-refractivity contribution in [2.75, 3.05) is 18.0 Å². The van der Waals surface area contributed by atoms with Crippen molar-refractivity contribution < 1.29 is 4.74 Å². The van der Waals surface area contributed by atoms with Gasteiger partial charge < -0.3 is 15.4 Å². The van der Waals surface area contributed by atoms with Crippen molar-refractivity contribution in [1.29, 1.82) is 0 Å². The van der Waals surface area contributed by atoms with E-state index >= 15 is 0 Å². The lowest BCUT2D eigenvalue weighted by atomic mass is 10.1. The Morgan fingerprint density at radius 1 is 1.56 bits per heavy atom. The average molecular weight is 220 g/mol. The molecule has 1 heterocycles. The second kappa shape index (κ2) is 4.34. The summed E-state index contributed by atoms with van der Waals surface area (Å²) in [5.41, 5.74) is 8.19. The molecule has 1 aliphatic rings. The first kappa shape index (κ1) is 11.3. The molecule has 88 valence electrons. The van der Waals surface area contributed by atoms with Gasteiger partial charge in [0.2, 0.25) is 0 Å². The molecule has 2 N–H and O–H groups in total. The molecule has 0 radical (unpaired) electrons. The van der Waals surface area contributed by atoms with E-state index in [0.717, 1.165) is 12.3 Å². The molecule has 3 heteroatoms. The van der Waals surface area contributed by atoms with E-state index in [9.17, 15) is 0 Å². The molecule has 2 atom stereocenters. The van der Waals surface area contributed by atoms with Crippen molar-refractivity contribution in [1.82, 2.24) is 0 Å². The predicted octanol–water partition coefficient (Wildman–Crippen LogP) is 1.93. The Morgan fingerprint density at radius 2 is 2.31 bits per heavy atom. The Kier molecular flexibility index (Phi) is 3.06. The van der Waals surface area contributed by atoms with Gasteiger partial charge in [0, 0.05) is 12.6 Å². The van der Waals surface area contributed by atoms with Crippen LogP contribution in [-0.2, 0) is 0 Å². The van der Waals surface area contributed by atoms with Crippen LogP contribution in [0.3, 0.4) is 0 Å². The summed E-state index contributed by atoms with van der Waals surface area (Å²) < 4.78 is 5.83. The molecular formula is C13H20N2O. The van der Waals surface area contributed by atoms with Gasteiger partial charge >= 0.3 is 0 Å². The van der Waals surface area contributed by atoms with Gasteiger partial charge in [-0.15, -0.1) is 0 Å². The Bertz CT molecular complexity index is 378. The van der Waals surface area contributed by atoms with Crippen LogP contribution < -0.4 is 15.4 Å². The van der Waals surface area contributed by atoms with Crippen LogP contribution in [-0.4, -0.2) is 25.2 Å². The molecule has 0 fully saturated rings. The molecule has 1 aromatic rings. The lowest BCUT2D eigenvalue weighted by molar-refractivity contribution is 0.208. The minimum atomic E-state index is 0.226. The van der Waals surface area contributed by atoms with Crippen LogP contribution >= 0.6 is 0 Å². The molecule has 0 spiro atoms. The quantitative estimate of drug-likeness (QED) is 0.827. The highest BCUT2D eigenvalue weighted by Gasteiger charge is 2.25. The molecule has 2 unspecified atom stereocenters. The summed E-state index contributed by atoms with van der Waals surface area (Å²) in [5.74, 6) is 0.977. The standard InChI is InChI=1S/C13H20N2O/c1-9-4-5-13-12(6-9)15(10(2)7-14)8-11(3)16-13/h4-6,10-11H,7-8,14H2,1-3H3. The molecule has 2 rings (SSSR count). The van der Waals surface area contributed by atoms with E-state index in [1.807, 2.05) is 0 Å². The van der Waals surface area contributed by atoms with Gasteiger partial charge in [0.25, 0.3) is 0 Å². The Labute approximate surface area is 97.2 Å². The Hall–Kier alpha value is -1.22. The fourth-order valence-corrected chi connectivity index (χ4v) is 2.13. The average Bonchev–Trinajstić information content (AvgIpc) is 2.27. The number of nitrogens with two attached hydrogens (primary N) is 1. The van der Waals surface area contributed by atoms with Gasteiger partial charge in [0.05, 0.1) is 12.2 Å². The zero-order valence-electron chi connectivity index (χ0n) is 10.2. The Balaban J connectivity index is 2.39. The van der Waals surface area contributed by atoms with Crippen molar-refractivity contribution in [3.05, 3.63) is 23.8 Å². The van der Waals surface area contributed by atoms with Crippen LogP contribution in [0.5, 0.6) is 5.75 Å². The minimum Gasteiger partial charge on any atom is -0.487 e. The molecule has 0 saturated carbocycles. The number of aryl methyl sites for hydroxylation is 1. The number of benzene rings is 1. The van der Waals surface area contributed by atoms with Crippen molar-refractivity contribution in [2.24, 2.45) is 5.73 Å². The van der Waals surface area contributed by atoms with E-state index in [1.165, 1.54) is 11.3 Å². The highest BCUT2D eigenvalue weighted by molar-refractivity contribution is 5.62. The molecule has 0 bridgehead atoms. The number of anilines is 1. The third kappa shape index (κ3) is 2.00. The second-order valence-corrected chi connectivity index (χ2v) is 4.64. The van der Waals surface area contributed by atoms with Crippen LogP contribution in [0, 0.1) is 6.92 Å². The second-order valence-electron chi connectivity index (χ2n) is 4.64. The van der Waals surface area contributed by atoms with Crippen molar-refractivity contribution in [2.45, 2.75) is 32.9 Å². The summed E-state index contributed by atoms with van der Waals surface area (Å²) in [5, 5.41) is 0. The maximum Gasteiger partial charge on any atom is 0.143 e. The number of hydrogen-bond donors (Lipinski definition) is 1. The first-order valence-corrected chi connectivity index (χ1v) is 5.86. The normalized spacial score (nSPS) is 21.2. The largest absolute Gasteiger partial charge is 0.487 e. The number of fused-ring (bicyclic) bond motifs is 1. The monoisotopic (exact) mass is 220 g/mol. The summed E-state index contributed by atoms with van der Waals surface area (Å²) in [6.07, 6.45) is 0.226. The SMILES string of the molecule is Cc1ccc2c(c1)N(C(C)CN)CC(C)O2. The minimum absolute atomic E-state index is 0.226. The van der Waals surface area contributed by atoms with E-state index in [4.69, 9.17) is 10.5 Å². The number of rotatable bonds is 2. The predicted molar refractivity (Wildman–Crippen MR) is 67.1 cm³/mol. The fraction of sp³-hybridized carbons (Fsp3) is 0.538. The first-order valence-electron chi connectivity index (χ1n) is 5.86. The van der Waals surface area contributed by atoms with Crippen molar-refractivity contribution in [3.63, 3.8) is 0 Å². The Morgan fingerprint density at radius 3 is 3.00 bits per heavy atom. The summed E-state index contributed by atoms with van der Waals surface area (Å²) >= 11 is 0. The maximum atomic E-state index is 5.83. The zero-order valence-corrected chi connectivity index (χ0v) is 10.2. The molecular weight excluding hydrogens is 200 g/mol. The summed E-state index contributed by atoms with van der Waals surface area (Å²) in [7, 11) is 0. The molecule has 0 amide bonds. The lowest BCUT2D eigenvalue weighted by Gasteiger charge is -2.38. The van der Waals surface area contributed by atoms with Gasteiger partial charge in [-0.3, -0.25) is 0 Å². The number of ether oxygens (including phenoxy) is 1. The third-order valence-electron chi connectivity index (χ3n) is 3.08. The van der Waals surface area contributed by atoms with Gasteiger partial charge in [0.15, 0.2) is 0 Å². The molecule has 16 heavy (non-hydrogen) atoms. The number of hydrogen-bond acceptors (Lipinski definition) is 3. The summed E-state index contributed by atoms with van der Waals surface area (Å²) in [6.45, 7) is 7.93. The highest BCUT2D eigenvalue weighted by Crippen LogP contribution is 2.35. The maximum absolute atomic E-state index is 5.83. The molecule has 3 nitrogen and oxygen atoms in total. The van der Waals surface area contributed by atoms with Crippen molar-refractivity contribution >= 4 is 5.69 Å². The molecule has 1 aliphatic heterocycles. The van der Waals surface area contributed by atoms with Crippen LogP contribution in [0.4, 0.5) is 5.69 Å². The summed E-state index contributed by atoms with van der Waals surface area (Å²) in [6, 6.07) is 6.67. The molecule has 0 saturated heterocycles. The fourth-order valence-electron chi connectivity index (χ4n) is 2.13. The van der Waals surface area contributed by atoms with Crippen LogP contribution in [0.2, 0.25) is 0 Å². The molecule has 0 aliphatic carbocycles. The van der Waals surface area contributed by atoms with E-state index in [0.29, 0.717) is 12.6 Å². The van der Waals surface area contributed by atoms with Gasteiger partial charge in [-0.25, -0.2) is 0 Å². The van der Waals surface area contributed by atoms with Gasteiger partial charge in [-0.05, 0) is 38.5 Å². The topological polar surface area (TPSA) is 38.5 Å². The van der Waals surface area contributed by atoms with Gasteiger partial charge in [-0.1, -0.05) is 6.07 Å². The van der Waals surface area contributed by atoms with E-state index in [1.54, 1.807) is 0 Å².